The Morgan fingerprint density at radius 3 is 2.68 bits per heavy atom. The minimum atomic E-state index is -0.633. The Labute approximate surface area is 180 Å². The van der Waals surface area contributed by atoms with Gasteiger partial charge in [0.25, 0.3) is 5.91 Å². The van der Waals surface area contributed by atoms with Gasteiger partial charge in [0, 0.05) is 30.7 Å². The van der Waals surface area contributed by atoms with Crippen molar-refractivity contribution in [2.45, 2.75) is 19.4 Å². The molecule has 5 N–H and O–H groups in total. The number of aromatic nitrogens is 1. The number of hydrogen-bond acceptors (Lipinski definition) is 6. The molecule has 0 spiro atoms. The lowest BCUT2D eigenvalue weighted by atomic mass is 10.1. The van der Waals surface area contributed by atoms with Gasteiger partial charge in [-0.05, 0) is 36.8 Å². The van der Waals surface area contributed by atoms with Crippen molar-refractivity contribution in [2.75, 3.05) is 25.5 Å². The number of nitrogens with one attached hydrogen (secondary N) is 3. The van der Waals surface area contributed by atoms with Crippen LogP contribution < -0.4 is 16.4 Å². The fraction of sp³-hybridized carbons (Fsp3) is 0.286. The monoisotopic (exact) mass is 426 g/mol. The molecule has 0 bridgehead atoms. The smallest absolute Gasteiger partial charge is 0.308 e. The van der Waals surface area contributed by atoms with Crippen molar-refractivity contribution in [3.8, 4) is 0 Å². The number of ether oxygens (including phenoxy) is 1. The van der Waals surface area contributed by atoms with Gasteiger partial charge in [-0.1, -0.05) is 12.1 Å². The molecule has 2 amide bonds. The summed E-state index contributed by atoms with van der Waals surface area (Å²) in [6.45, 7) is 1.72. The Morgan fingerprint density at radius 1 is 1.26 bits per heavy atom. The van der Waals surface area contributed by atoms with E-state index in [9.17, 15) is 14.4 Å². The van der Waals surface area contributed by atoms with Crippen LogP contribution in [0.4, 0.5) is 5.69 Å². The fourth-order valence-corrected chi connectivity index (χ4v) is 2.85. The summed E-state index contributed by atoms with van der Waals surface area (Å²) in [4.78, 5) is 42.5. The van der Waals surface area contributed by atoms with E-state index < -0.39 is 17.9 Å². The van der Waals surface area contributed by atoms with E-state index in [1.165, 1.54) is 18.0 Å². The highest BCUT2D eigenvalue weighted by atomic mass is 16.5. The summed E-state index contributed by atoms with van der Waals surface area (Å²) >= 11 is 0. The summed E-state index contributed by atoms with van der Waals surface area (Å²) in [5, 5.41) is 12.7. The number of hydrogen-bond donors (Lipinski definition) is 4. The summed E-state index contributed by atoms with van der Waals surface area (Å²) in [5.74, 6) is -1.52. The highest BCUT2D eigenvalue weighted by Gasteiger charge is 2.22. The Bertz CT molecular complexity index is 934. The van der Waals surface area contributed by atoms with Gasteiger partial charge in [-0.15, -0.1) is 0 Å². The zero-order valence-corrected chi connectivity index (χ0v) is 17.4. The maximum Gasteiger partial charge on any atom is 0.308 e. The largest absolute Gasteiger partial charge is 0.466 e. The number of rotatable bonds is 9. The van der Waals surface area contributed by atoms with Crippen LogP contribution in [-0.2, 0) is 14.3 Å². The molecule has 1 aromatic heterocycles. The van der Waals surface area contributed by atoms with E-state index in [0.29, 0.717) is 16.8 Å². The second-order valence-corrected chi connectivity index (χ2v) is 6.70. The molecule has 1 atom stereocenters. The number of anilines is 1. The topological polar surface area (TPSA) is 150 Å². The molecule has 0 fully saturated rings. The lowest BCUT2D eigenvalue weighted by molar-refractivity contribution is -0.143. The maximum absolute atomic E-state index is 12.7. The summed E-state index contributed by atoms with van der Waals surface area (Å²) in [5.41, 5.74) is 6.78. The van der Waals surface area contributed by atoms with Gasteiger partial charge < -0.3 is 26.0 Å². The van der Waals surface area contributed by atoms with E-state index in [4.69, 9.17) is 15.9 Å². The zero-order valence-electron chi connectivity index (χ0n) is 17.4. The van der Waals surface area contributed by atoms with E-state index in [-0.39, 0.29) is 31.4 Å². The molecule has 1 aromatic carbocycles. The van der Waals surface area contributed by atoms with Crippen LogP contribution in [0.5, 0.6) is 0 Å². The van der Waals surface area contributed by atoms with Crippen LogP contribution in [0.3, 0.4) is 0 Å². The average molecular weight is 426 g/mol. The predicted molar refractivity (Wildman–Crippen MR) is 115 cm³/mol. The van der Waals surface area contributed by atoms with Gasteiger partial charge in [-0.2, -0.15) is 0 Å². The summed E-state index contributed by atoms with van der Waals surface area (Å²) < 4.78 is 4.99. The number of esters is 1. The highest BCUT2D eigenvalue weighted by Crippen LogP contribution is 2.17. The van der Waals surface area contributed by atoms with Gasteiger partial charge in [0.05, 0.1) is 25.6 Å². The first kappa shape index (κ1) is 23.3. The molecule has 31 heavy (non-hydrogen) atoms. The third-order valence-corrected chi connectivity index (χ3v) is 4.21. The second-order valence-electron chi connectivity index (χ2n) is 6.70. The average Bonchev–Trinajstić information content (AvgIpc) is 2.73. The van der Waals surface area contributed by atoms with Gasteiger partial charge in [0.2, 0.25) is 5.91 Å². The number of nitrogens with two attached hydrogens (primary N) is 1. The molecule has 10 nitrogen and oxygen atoms in total. The van der Waals surface area contributed by atoms with Gasteiger partial charge >= 0.3 is 5.97 Å². The van der Waals surface area contributed by atoms with Gasteiger partial charge in [0.1, 0.15) is 0 Å². The molecule has 0 radical (unpaired) electrons. The Balaban J connectivity index is 2.05. The number of pyridine rings is 1. The standard InChI is InChI=1S/C21H26N6O4/c1-3-31-19(29)11-17(15-7-5-9-24-12-15)26-18(28)13-27(2)20(30)14-6-4-8-16(10-14)25-21(22)23/h4-10,12,17H,3,11,13H2,1-2H3,(H,26,28)(H4,22,23,25). The lowest BCUT2D eigenvalue weighted by Gasteiger charge is -2.21. The van der Waals surface area contributed by atoms with E-state index in [2.05, 4.69) is 15.6 Å². The quantitative estimate of drug-likeness (QED) is 0.268. The first-order valence-electron chi connectivity index (χ1n) is 9.61. The van der Waals surface area contributed by atoms with E-state index in [1.807, 2.05) is 0 Å². The number of carbonyl (C=O) groups excluding carboxylic acids is 3. The number of benzene rings is 1. The number of likely N-dealkylation sites (N-methyl/N-ethyl adjacent to an activating group) is 1. The maximum atomic E-state index is 12.7. The molecule has 2 aromatic rings. The minimum absolute atomic E-state index is 0.0539. The molecular formula is C21H26N6O4. The van der Waals surface area contributed by atoms with Gasteiger partial charge in [-0.25, -0.2) is 0 Å². The number of nitrogens with zero attached hydrogens (tertiary/aromatic N) is 2. The SMILES string of the molecule is CCOC(=O)CC(NC(=O)CN(C)C(=O)c1cccc(NC(=N)N)c1)c1cccnc1. The van der Waals surface area contributed by atoms with E-state index in [1.54, 1.807) is 49.6 Å². The fourth-order valence-electron chi connectivity index (χ4n) is 2.85. The molecule has 2 rings (SSSR count). The highest BCUT2D eigenvalue weighted by molar-refractivity contribution is 5.98. The zero-order chi connectivity index (χ0) is 22.8. The van der Waals surface area contributed by atoms with Gasteiger partial charge in [-0.3, -0.25) is 24.8 Å². The molecule has 164 valence electrons. The van der Waals surface area contributed by atoms with Crippen LogP contribution in [-0.4, -0.2) is 53.8 Å². The number of carbonyl (C=O) groups is 3. The summed E-state index contributed by atoms with van der Waals surface area (Å²) in [6, 6.07) is 9.27. The minimum Gasteiger partial charge on any atom is -0.466 e. The van der Waals surface area contributed by atoms with Crippen molar-refractivity contribution < 1.29 is 19.1 Å². The van der Waals surface area contributed by atoms with Crippen molar-refractivity contribution in [1.82, 2.24) is 15.2 Å². The van der Waals surface area contributed by atoms with Crippen molar-refractivity contribution in [3.05, 3.63) is 59.9 Å². The normalized spacial score (nSPS) is 11.2. The van der Waals surface area contributed by atoms with E-state index in [0.717, 1.165) is 0 Å². The molecule has 1 heterocycles. The first-order chi connectivity index (χ1) is 14.8. The Morgan fingerprint density at radius 2 is 2.03 bits per heavy atom. The van der Waals surface area contributed by atoms with Crippen LogP contribution in [0.2, 0.25) is 0 Å². The summed E-state index contributed by atoms with van der Waals surface area (Å²) in [7, 11) is 1.50. The predicted octanol–water partition coefficient (Wildman–Crippen LogP) is 1.27. The van der Waals surface area contributed by atoms with Crippen LogP contribution >= 0.6 is 0 Å². The summed E-state index contributed by atoms with van der Waals surface area (Å²) in [6.07, 6.45) is 3.10. The third kappa shape index (κ3) is 7.42. The molecule has 10 heteroatoms. The number of amides is 2. The molecule has 0 aliphatic rings. The molecule has 0 aliphatic carbocycles. The number of guanidine groups is 1. The Kier molecular flexibility index (Phi) is 8.50. The molecule has 0 aliphatic heterocycles. The van der Waals surface area contributed by atoms with Crippen LogP contribution in [0.25, 0.3) is 0 Å². The van der Waals surface area contributed by atoms with Crippen molar-refractivity contribution in [3.63, 3.8) is 0 Å². The van der Waals surface area contributed by atoms with Crippen molar-refractivity contribution >= 4 is 29.4 Å². The van der Waals surface area contributed by atoms with Gasteiger partial charge in [0.15, 0.2) is 5.96 Å². The van der Waals surface area contributed by atoms with Crippen molar-refractivity contribution in [2.24, 2.45) is 5.73 Å². The molecular weight excluding hydrogens is 400 g/mol. The van der Waals surface area contributed by atoms with Crippen molar-refractivity contribution in [1.29, 1.82) is 5.41 Å². The first-order valence-corrected chi connectivity index (χ1v) is 9.61. The Hall–Kier alpha value is -3.95. The van der Waals surface area contributed by atoms with E-state index >= 15 is 0 Å². The molecule has 0 saturated heterocycles. The molecule has 0 saturated carbocycles. The third-order valence-electron chi connectivity index (χ3n) is 4.21. The lowest BCUT2D eigenvalue weighted by Crippen LogP contribution is -2.40. The second kappa shape index (κ2) is 11.3. The van der Waals surface area contributed by atoms with Crippen LogP contribution in [0, 0.1) is 5.41 Å². The van der Waals surface area contributed by atoms with Crippen LogP contribution in [0.15, 0.2) is 48.8 Å². The van der Waals surface area contributed by atoms with Crippen LogP contribution in [0.1, 0.15) is 35.3 Å². The molecule has 1 unspecified atom stereocenters.